The zero-order valence-electron chi connectivity index (χ0n) is 26.3. The van der Waals surface area contributed by atoms with Crippen molar-refractivity contribution in [2.75, 3.05) is 12.8 Å². The number of nitrogen functional groups attached to an aromatic ring is 1. The molecule has 272 valence electrons. The zero-order chi connectivity index (χ0) is 37.6. The third-order valence-electron chi connectivity index (χ3n) is 5.82. The molecule has 0 spiro atoms. The smallest absolute Gasteiger partial charge is 0.309 e. The minimum Gasteiger partial charge on any atom is -0.469 e. The van der Waals surface area contributed by atoms with Crippen LogP contribution in [0.4, 0.5) is 5.69 Å². The van der Waals surface area contributed by atoms with E-state index in [2.05, 4.69) is 119 Å². The molecule has 26 heteroatoms. The Morgan fingerprint density at radius 1 is 1.00 bits per heavy atom. The molecule has 1 aromatic heterocycles. The van der Waals surface area contributed by atoms with E-state index in [1.807, 2.05) is 30.3 Å². The van der Waals surface area contributed by atoms with E-state index in [9.17, 15) is 13.2 Å². The molecule has 4 rings (SSSR count). The lowest BCUT2D eigenvalue weighted by atomic mass is 10.1. The van der Waals surface area contributed by atoms with E-state index in [0.717, 1.165) is 16.5 Å². The standard InChI is InChI=1S/C11H11BrO2.C8H7N.C4H5ClN2O2S.H18P16/c1-14-11(13)10-6-9(10)7-3-2-4-8(12)5-7;1-2-7-5-3-4-6-8(7)9;1-7-2-4(6-3-7)10(5,8)9;1-10(2)14(9)16(13(7)8)15(11(3)4)12(5)6/h2-5,9-10H,6H2,1H3;1,3-6H,9H2;2-3H,1H3;1-9H2. The summed E-state index contributed by atoms with van der Waals surface area (Å²) in [5.74, 6) is 2.82. The van der Waals surface area contributed by atoms with Crippen molar-refractivity contribution in [3.8, 4) is 12.3 Å². The van der Waals surface area contributed by atoms with Crippen LogP contribution in [0, 0.1) is 18.3 Å². The van der Waals surface area contributed by atoms with Gasteiger partial charge >= 0.3 is 5.97 Å². The number of rotatable bonds is 9. The predicted octanol–water partition coefficient (Wildman–Crippen LogP) is 13.3. The Hall–Kier alpha value is 4.08. The minimum absolute atomic E-state index is 0.0635. The number of anilines is 1. The molecule has 2 N–H and O–H groups in total. The molecule has 0 bridgehead atoms. The van der Waals surface area contributed by atoms with Gasteiger partial charge in [-0.05, 0) is 91.1 Å². The first kappa shape index (κ1) is 51.1. The second-order valence-corrected chi connectivity index (χ2v) is 74.7. The molecule has 1 heterocycles. The maximum atomic E-state index is 11.2. The van der Waals surface area contributed by atoms with E-state index in [1.165, 1.54) is 29.8 Å². The third kappa shape index (κ3) is 19.4. The molecule has 1 aliphatic carbocycles. The fourth-order valence-electron chi connectivity index (χ4n) is 3.53. The number of nitrogens with zero attached hydrogens (tertiary/aromatic N) is 2. The number of halogens is 2. The topological polar surface area (TPSA) is 104 Å². The second kappa shape index (κ2) is 26.2. The van der Waals surface area contributed by atoms with Crippen molar-refractivity contribution in [1.29, 1.82) is 0 Å². The number of aryl methyl sites for hydroxylation is 1. The molecule has 1 fully saturated rings. The van der Waals surface area contributed by atoms with Crippen LogP contribution >= 0.6 is 156 Å². The number of ether oxygens (including phenoxy) is 1. The van der Waals surface area contributed by atoms with Crippen molar-refractivity contribution < 1.29 is 17.9 Å². The first-order valence-electron chi connectivity index (χ1n) is 13.2. The van der Waals surface area contributed by atoms with Gasteiger partial charge in [0.05, 0.1) is 19.4 Å². The van der Waals surface area contributed by atoms with Crippen LogP contribution in [0.15, 0.2) is 70.6 Å². The van der Waals surface area contributed by atoms with Gasteiger partial charge in [0.1, 0.15) is 0 Å². The molecular formula is C23H41BrClN3O4P16S. The number of hydrogen-bond acceptors (Lipinski definition) is 6. The highest BCUT2D eigenvalue weighted by Gasteiger charge is 2.44. The number of para-hydroxylation sites is 1. The monoisotopic (exact) mass is 1060 g/mol. The lowest BCUT2D eigenvalue weighted by Gasteiger charge is -2.40. The SMILES string of the molecule is C#Cc1ccccc1N.COC(=O)C1CC1c1cccc(Br)c1.Cn1cnc(S(=O)(=O)Cl)c1.PP(P)P(P)P(P(P)P)P(P(P)P)P(P)P. The number of carbonyl (C=O) groups excluding carboxylic acids is 1. The number of esters is 1. The van der Waals surface area contributed by atoms with Gasteiger partial charge in [-0.25, -0.2) is 13.4 Å². The van der Waals surface area contributed by atoms with Gasteiger partial charge < -0.3 is 15.0 Å². The van der Waals surface area contributed by atoms with Crippen LogP contribution in [0.2, 0.25) is 0 Å². The van der Waals surface area contributed by atoms with Crippen LogP contribution in [0.25, 0.3) is 0 Å². The van der Waals surface area contributed by atoms with E-state index in [1.54, 1.807) is 13.1 Å². The van der Waals surface area contributed by atoms with E-state index in [-0.39, 0.29) is 65.8 Å². The molecule has 13 unspecified atom stereocenters. The van der Waals surface area contributed by atoms with Crippen LogP contribution in [-0.4, -0.2) is 31.0 Å². The minimum atomic E-state index is -3.64. The van der Waals surface area contributed by atoms with Crippen LogP contribution in [0.1, 0.15) is 23.5 Å². The lowest BCUT2D eigenvalue weighted by molar-refractivity contribution is -0.142. The molecule has 49 heavy (non-hydrogen) atoms. The largest absolute Gasteiger partial charge is 0.469 e. The summed E-state index contributed by atoms with van der Waals surface area (Å²) in [6, 6.07) is 15.4. The van der Waals surface area contributed by atoms with Gasteiger partial charge in [0.15, 0.2) is 5.03 Å². The quantitative estimate of drug-likeness (QED) is 0.0753. The molecule has 0 saturated heterocycles. The third-order valence-corrected chi connectivity index (χ3v) is 103. The van der Waals surface area contributed by atoms with Crippen molar-refractivity contribution in [3.63, 3.8) is 0 Å². The summed E-state index contributed by atoms with van der Waals surface area (Å²) in [6.07, 6.45) is 8.75. The number of carbonyl (C=O) groups is 1. The molecule has 1 saturated carbocycles. The maximum Gasteiger partial charge on any atom is 0.309 e. The Morgan fingerprint density at radius 2 is 1.57 bits per heavy atom. The maximum absolute atomic E-state index is 11.2. The van der Waals surface area contributed by atoms with Gasteiger partial charge in [0.25, 0.3) is 9.05 Å². The highest BCUT2D eigenvalue weighted by atomic mass is 79.9. The molecule has 13 atom stereocenters. The normalized spacial score (nSPS) is 16.4. The summed E-state index contributed by atoms with van der Waals surface area (Å²) >= 11 is 3.42. The average molecular weight is 1070 g/mol. The molecule has 0 radical (unpaired) electrons. The van der Waals surface area contributed by atoms with E-state index < -0.39 is 9.05 Å². The van der Waals surface area contributed by atoms with Gasteiger partial charge in [-0.2, -0.15) is 0 Å². The molecule has 1 aliphatic rings. The number of terminal acetylenes is 1. The van der Waals surface area contributed by atoms with Gasteiger partial charge in [0.2, 0.25) is 0 Å². The Bertz CT molecular complexity index is 1630. The Balaban J connectivity index is 0.000000334. The van der Waals surface area contributed by atoms with Crippen molar-refractivity contribution >= 4 is 177 Å². The highest BCUT2D eigenvalue weighted by molar-refractivity contribution is 9.30. The number of imidazole rings is 1. The van der Waals surface area contributed by atoms with Crippen LogP contribution in [0.5, 0.6) is 0 Å². The van der Waals surface area contributed by atoms with Crippen LogP contribution in [-0.2, 0) is 25.6 Å². The van der Waals surface area contributed by atoms with Gasteiger partial charge in [-0.1, -0.05) is 46.1 Å². The van der Waals surface area contributed by atoms with Crippen molar-refractivity contribution in [2.24, 2.45) is 13.0 Å². The fraction of sp³-hybridized carbons (Fsp3) is 0.217. The van der Waals surface area contributed by atoms with Crippen molar-refractivity contribution in [1.82, 2.24) is 9.55 Å². The first-order chi connectivity index (χ1) is 22.8. The molecule has 3 aromatic rings. The fourth-order valence-corrected chi connectivity index (χ4v) is 168. The van der Waals surface area contributed by atoms with Crippen LogP contribution in [0.3, 0.4) is 0 Å². The molecular weight excluding hydrogens is 1030 g/mol. The predicted molar refractivity (Wildman–Crippen MR) is 268 cm³/mol. The summed E-state index contributed by atoms with van der Waals surface area (Å²) < 4.78 is 28.3. The van der Waals surface area contributed by atoms with Gasteiger partial charge in [-0.3, -0.25) is 4.79 Å². The Kier molecular flexibility index (Phi) is 27.3. The number of hydrogen-bond donors (Lipinski definition) is 1. The molecule has 7 nitrogen and oxygen atoms in total. The Labute approximate surface area is 333 Å². The van der Waals surface area contributed by atoms with E-state index in [4.69, 9.17) is 27.6 Å². The highest BCUT2D eigenvalue weighted by Crippen LogP contribution is 3.24. The summed E-state index contributed by atoms with van der Waals surface area (Å²) in [4.78, 5) is 14.7. The molecule has 0 aliphatic heterocycles. The van der Waals surface area contributed by atoms with Crippen LogP contribution < -0.4 is 5.73 Å². The Morgan fingerprint density at radius 3 is 1.94 bits per heavy atom. The number of methoxy groups -OCH3 is 1. The van der Waals surface area contributed by atoms with Crippen molar-refractivity contribution in [3.05, 3.63) is 76.7 Å². The number of aromatic nitrogens is 2. The van der Waals surface area contributed by atoms with Gasteiger partial charge in [-0.15, -0.1) is 86.8 Å². The average Bonchev–Trinajstić information content (AvgIpc) is 3.70. The van der Waals surface area contributed by atoms with E-state index in [0.29, 0.717) is 11.6 Å². The second-order valence-electron chi connectivity index (χ2n) is 9.45. The molecule has 2 aromatic carbocycles. The number of benzene rings is 2. The van der Waals surface area contributed by atoms with E-state index >= 15 is 0 Å². The summed E-state index contributed by atoms with van der Waals surface area (Å²) in [5.41, 5.74) is 8.13. The lowest BCUT2D eigenvalue weighted by Crippen LogP contribution is -2.03. The number of nitrogens with two attached hydrogens (primary N) is 1. The summed E-state index contributed by atoms with van der Waals surface area (Å²) in [5, 5.41) is -0.114. The molecule has 0 amide bonds. The van der Waals surface area contributed by atoms with Crippen molar-refractivity contribution in [2.45, 2.75) is 17.4 Å². The summed E-state index contributed by atoms with van der Waals surface area (Å²) in [6.45, 7) is 0.740. The zero-order valence-corrected chi connectivity index (χ0v) is 46.1. The first-order valence-corrected chi connectivity index (χ1v) is 44.5. The van der Waals surface area contributed by atoms with Gasteiger partial charge in [0, 0.05) is 39.7 Å². The summed E-state index contributed by atoms with van der Waals surface area (Å²) in [7, 11) is 32.2.